The van der Waals surface area contributed by atoms with E-state index >= 15 is 0 Å². The van der Waals surface area contributed by atoms with E-state index in [1.807, 2.05) is 26.0 Å². The molecule has 0 fully saturated rings. The zero-order valence-electron chi connectivity index (χ0n) is 8.84. The van der Waals surface area contributed by atoms with Gasteiger partial charge in [-0.25, -0.2) is 8.78 Å². The maximum atomic E-state index is 12.0. The summed E-state index contributed by atoms with van der Waals surface area (Å²) in [5, 5.41) is 0. The molecule has 1 atom stereocenters. The van der Waals surface area contributed by atoms with Gasteiger partial charge < -0.3 is 10.5 Å². The minimum absolute atomic E-state index is 0.125. The Morgan fingerprint density at radius 2 is 2.07 bits per heavy atom. The number of ether oxygens (including phenoxy) is 1. The van der Waals surface area contributed by atoms with Crippen LogP contribution >= 0.6 is 0 Å². The fourth-order valence-electron chi connectivity index (χ4n) is 1.21. The molecule has 0 radical (unpaired) electrons. The maximum absolute atomic E-state index is 12.0. The van der Waals surface area contributed by atoms with Gasteiger partial charge in [-0.2, -0.15) is 0 Å². The molecule has 1 aromatic carbocycles. The second-order valence-corrected chi connectivity index (χ2v) is 3.52. The Labute approximate surface area is 88.0 Å². The zero-order valence-corrected chi connectivity index (χ0v) is 8.84. The van der Waals surface area contributed by atoms with Gasteiger partial charge in [0.2, 0.25) is 0 Å². The van der Waals surface area contributed by atoms with E-state index in [0.717, 1.165) is 11.1 Å². The lowest BCUT2D eigenvalue weighted by Gasteiger charge is -2.12. The molecule has 0 saturated carbocycles. The summed E-state index contributed by atoms with van der Waals surface area (Å²) in [4.78, 5) is 0. The van der Waals surface area contributed by atoms with Gasteiger partial charge in [-0.1, -0.05) is 12.1 Å². The molecule has 0 spiro atoms. The highest BCUT2D eigenvalue weighted by Crippen LogP contribution is 2.22. The summed E-state index contributed by atoms with van der Waals surface area (Å²) in [6, 6.07) is 5.27. The number of alkyl halides is 2. The summed E-state index contributed by atoms with van der Waals surface area (Å²) < 4.78 is 28.9. The molecule has 0 saturated heterocycles. The standard InChI is InChI=1S/C11H15F2NO/c1-7-3-4-9(8(2)14)5-10(7)15-6-11(12)13/h3-5,8,11H,6,14H2,1-2H3. The summed E-state index contributed by atoms with van der Waals surface area (Å²) >= 11 is 0. The number of aryl methyl sites for hydroxylation is 1. The van der Waals surface area contributed by atoms with Gasteiger partial charge in [-0.3, -0.25) is 0 Å². The van der Waals surface area contributed by atoms with Crippen LogP contribution in [0.25, 0.3) is 0 Å². The van der Waals surface area contributed by atoms with Crippen LogP contribution in [0.15, 0.2) is 18.2 Å². The lowest BCUT2D eigenvalue weighted by molar-refractivity contribution is 0.0815. The summed E-state index contributed by atoms with van der Waals surface area (Å²) in [5.41, 5.74) is 7.40. The van der Waals surface area contributed by atoms with Gasteiger partial charge in [0.15, 0.2) is 0 Å². The Bertz CT molecular complexity index is 326. The van der Waals surface area contributed by atoms with E-state index in [2.05, 4.69) is 0 Å². The summed E-state index contributed by atoms with van der Waals surface area (Å²) in [7, 11) is 0. The molecule has 1 aromatic rings. The van der Waals surface area contributed by atoms with Crippen LogP contribution in [0.2, 0.25) is 0 Å². The van der Waals surface area contributed by atoms with Crippen LogP contribution in [0, 0.1) is 6.92 Å². The number of halogens is 2. The van der Waals surface area contributed by atoms with E-state index in [9.17, 15) is 8.78 Å². The van der Waals surface area contributed by atoms with Crippen molar-refractivity contribution in [1.82, 2.24) is 0 Å². The number of nitrogens with two attached hydrogens (primary N) is 1. The van der Waals surface area contributed by atoms with Crippen molar-refractivity contribution in [1.29, 1.82) is 0 Å². The van der Waals surface area contributed by atoms with Crippen molar-refractivity contribution >= 4 is 0 Å². The predicted molar refractivity (Wildman–Crippen MR) is 55.3 cm³/mol. The van der Waals surface area contributed by atoms with Crippen LogP contribution in [-0.2, 0) is 0 Å². The van der Waals surface area contributed by atoms with Crippen molar-refractivity contribution in [2.24, 2.45) is 5.73 Å². The molecule has 84 valence electrons. The van der Waals surface area contributed by atoms with Crippen LogP contribution in [0.4, 0.5) is 8.78 Å². The highest BCUT2D eigenvalue weighted by molar-refractivity contribution is 5.37. The average molecular weight is 215 g/mol. The third-order valence-corrected chi connectivity index (χ3v) is 2.10. The average Bonchev–Trinajstić information content (AvgIpc) is 2.16. The predicted octanol–water partition coefficient (Wildman–Crippen LogP) is 2.66. The molecule has 0 heterocycles. The molecule has 0 aromatic heterocycles. The first-order chi connectivity index (χ1) is 7.00. The normalized spacial score (nSPS) is 12.9. The van der Waals surface area contributed by atoms with Crippen LogP contribution in [0.1, 0.15) is 24.1 Å². The first kappa shape index (κ1) is 11.9. The molecule has 1 rings (SSSR count). The lowest BCUT2D eigenvalue weighted by atomic mass is 10.1. The molecule has 0 bridgehead atoms. The first-order valence-corrected chi connectivity index (χ1v) is 4.77. The van der Waals surface area contributed by atoms with E-state index in [0.29, 0.717) is 5.75 Å². The molecule has 0 amide bonds. The van der Waals surface area contributed by atoms with Crippen molar-refractivity contribution in [2.75, 3.05) is 6.61 Å². The van der Waals surface area contributed by atoms with E-state index in [1.165, 1.54) is 0 Å². The Morgan fingerprint density at radius 3 is 2.60 bits per heavy atom. The second kappa shape index (κ2) is 5.07. The molecule has 0 aliphatic rings. The van der Waals surface area contributed by atoms with Gasteiger partial charge >= 0.3 is 0 Å². The van der Waals surface area contributed by atoms with E-state index in [1.54, 1.807) is 6.07 Å². The van der Waals surface area contributed by atoms with Crippen molar-refractivity contribution in [3.05, 3.63) is 29.3 Å². The minimum Gasteiger partial charge on any atom is -0.487 e. The molecule has 0 aliphatic carbocycles. The fraction of sp³-hybridized carbons (Fsp3) is 0.455. The van der Waals surface area contributed by atoms with Crippen LogP contribution in [0.5, 0.6) is 5.75 Å². The molecule has 2 nitrogen and oxygen atoms in total. The first-order valence-electron chi connectivity index (χ1n) is 4.77. The third kappa shape index (κ3) is 3.47. The van der Waals surface area contributed by atoms with Gasteiger partial charge in [0, 0.05) is 6.04 Å². The lowest BCUT2D eigenvalue weighted by Crippen LogP contribution is -2.09. The monoisotopic (exact) mass is 215 g/mol. The highest BCUT2D eigenvalue weighted by atomic mass is 19.3. The highest BCUT2D eigenvalue weighted by Gasteiger charge is 2.08. The van der Waals surface area contributed by atoms with E-state index in [4.69, 9.17) is 10.5 Å². The van der Waals surface area contributed by atoms with Gasteiger partial charge in [-0.05, 0) is 31.0 Å². The number of hydrogen-bond acceptors (Lipinski definition) is 2. The molecule has 0 aliphatic heterocycles. The van der Waals surface area contributed by atoms with Gasteiger partial charge in [-0.15, -0.1) is 0 Å². The van der Waals surface area contributed by atoms with Crippen LogP contribution in [0.3, 0.4) is 0 Å². The zero-order chi connectivity index (χ0) is 11.4. The molecule has 4 heteroatoms. The molecule has 15 heavy (non-hydrogen) atoms. The Hall–Kier alpha value is -1.16. The maximum Gasteiger partial charge on any atom is 0.272 e. The Kier molecular flexibility index (Phi) is 4.03. The Morgan fingerprint density at radius 1 is 1.40 bits per heavy atom. The van der Waals surface area contributed by atoms with Gasteiger partial charge in [0.1, 0.15) is 12.4 Å². The molecular weight excluding hydrogens is 200 g/mol. The third-order valence-electron chi connectivity index (χ3n) is 2.10. The minimum atomic E-state index is -2.46. The van der Waals surface area contributed by atoms with Crippen molar-refractivity contribution in [3.8, 4) is 5.75 Å². The topological polar surface area (TPSA) is 35.2 Å². The molecular formula is C11H15F2NO. The van der Waals surface area contributed by atoms with E-state index in [-0.39, 0.29) is 6.04 Å². The van der Waals surface area contributed by atoms with Gasteiger partial charge in [0.25, 0.3) is 6.43 Å². The smallest absolute Gasteiger partial charge is 0.272 e. The summed E-state index contributed by atoms with van der Waals surface area (Å²) in [6.07, 6.45) is -2.46. The Balaban J connectivity index is 2.81. The number of hydrogen-bond donors (Lipinski definition) is 1. The fourth-order valence-corrected chi connectivity index (χ4v) is 1.21. The summed E-state index contributed by atoms with van der Waals surface area (Å²) in [5.74, 6) is 0.477. The second-order valence-electron chi connectivity index (χ2n) is 3.52. The van der Waals surface area contributed by atoms with Crippen molar-refractivity contribution < 1.29 is 13.5 Å². The number of rotatable bonds is 4. The van der Waals surface area contributed by atoms with Crippen LogP contribution in [-0.4, -0.2) is 13.0 Å². The van der Waals surface area contributed by atoms with Crippen molar-refractivity contribution in [2.45, 2.75) is 26.3 Å². The van der Waals surface area contributed by atoms with Gasteiger partial charge in [0.05, 0.1) is 0 Å². The quantitative estimate of drug-likeness (QED) is 0.838. The largest absolute Gasteiger partial charge is 0.487 e. The molecule has 1 unspecified atom stereocenters. The summed E-state index contributed by atoms with van der Waals surface area (Å²) in [6.45, 7) is 3.07. The number of benzene rings is 1. The molecule has 2 N–H and O–H groups in total. The van der Waals surface area contributed by atoms with E-state index < -0.39 is 13.0 Å². The SMILES string of the molecule is Cc1ccc(C(C)N)cc1OCC(F)F. The van der Waals surface area contributed by atoms with Crippen molar-refractivity contribution in [3.63, 3.8) is 0 Å². The van der Waals surface area contributed by atoms with Crippen LogP contribution < -0.4 is 10.5 Å².